The van der Waals surface area contributed by atoms with Crippen LogP contribution in [0.5, 0.6) is 11.5 Å². The summed E-state index contributed by atoms with van der Waals surface area (Å²) in [4.78, 5) is 9.46. The van der Waals surface area contributed by atoms with E-state index in [4.69, 9.17) is 24.7 Å². The fourth-order valence-corrected chi connectivity index (χ4v) is 3.97. The summed E-state index contributed by atoms with van der Waals surface area (Å²) in [7, 11) is 3.30. The highest BCUT2D eigenvalue weighted by Gasteiger charge is 2.23. The van der Waals surface area contributed by atoms with Crippen LogP contribution >= 0.6 is 0 Å². The first kappa shape index (κ1) is 23.6. The molecule has 1 atom stereocenters. The standard InChI is InChI=1S/C22H37N5O4/c1-28-20-5-4-18(16-21(20)29-2)19(27-10-14-31-15-11-27)17-25-22(23)24-6-3-7-26-8-12-30-13-9-26/h4-5,16,19H,3,6-15,17H2,1-2H3,(H3,23,24,25). The van der Waals surface area contributed by atoms with Crippen molar-refractivity contribution < 1.29 is 18.9 Å². The van der Waals surface area contributed by atoms with Crippen molar-refractivity contribution >= 4 is 5.96 Å². The molecule has 1 unspecified atom stereocenters. The Morgan fingerprint density at radius 1 is 1.06 bits per heavy atom. The minimum absolute atomic E-state index is 0.0948. The van der Waals surface area contributed by atoms with Crippen molar-refractivity contribution in [1.29, 1.82) is 0 Å². The summed E-state index contributed by atoms with van der Waals surface area (Å²) in [6.07, 6.45) is 1.03. The second-order valence-electron chi connectivity index (χ2n) is 7.74. The number of ether oxygens (including phenoxy) is 4. The van der Waals surface area contributed by atoms with Gasteiger partial charge >= 0.3 is 0 Å². The van der Waals surface area contributed by atoms with Crippen LogP contribution < -0.4 is 20.5 Å². The lowest BCUT2D eigenvalue weighted by Crippen LogP contribution is -2.41. The Bertz CT molecular complexity index is 690. The van der Waals surface area contributed by atoms with Gasteiger partial charge in [-0.05, 0) is 30.7 Å². The van der Waals surface area contributed by atoms with Gasteiger partial charge in [0.15, 0.2) is 17.5 Å². The smallest absolute Gasteiger partial charge is 0.188 e. The molecule has 9 heteroatoms. The Balaban J connectivity index is 1.57. The van der Waals surface area contributed by atoms with Gasteiger partial charge in [-0.2, -0.15) is 0 Å². The fourth-order valence-electron chi connectivity index (χ4n) is 3.97. The van der Waals surface area contributed by atoms with Crippen molar-refractivity contribution in [3.05, 3.63) is 23.8 Å². The van der Waals surface area contributed by atoms with Crippen LogP contribution in [-0.2, 0) is 9.47 Å². The van der Waals surface area contributed by atoms with Crippen molar-refractivity contribution in [3.8, 4) is 11.5 Å². The third-order valence-corrected chi connectivity index (χ3v) is 5.77. The number of morpholine rings is 2. The van der Waals surface area contributed by atoms with Crippen molar-refractivity contribution in [1.82, 2.24) is 15.1 Å². The average Bonchev–Trinajstić information content (AvgIpc) is 2.83. The molecule has 0 amide bonds. The number of benzene rings is 1. The number of nitrogens with one attached hydrogen (secondary N) is 1. The van der Waals surface area contributed by atoms with Crippen LogP contribution in [0.3, 0.4) is 0 Å². The molecule has 2 saturated heterocycles. The summed E-state index contributed by atoms with van der Waals surface area (Å²) < 4.78 is 21.8. The second-order valence-corrected chi connectivity index (χ2v) is 7.74. The monoisotopic (exact) mass is 435 g/mol. The van der Waals surface area contributed by atoms with Gasteiger partial charge < -0.3 is 30.0 Å². The van der Waals surface area contributed by atoms with E-state index in [9.17, 15) is 0 Å². The van der Waals surface area contributed by atoms with Gasteiger partial charge in [0.05, 0.1) is 53.2 Å². The van der Waals surface area contributed by atoms with Gasteiger partial charge in [0.2, 0.25) is 0 Å². The zero-order valence-corrected chi connectivity index (χ0v) is 18.8. The third-order valence-electron chi connectivity index (χ3n) is 5.77. The number of nitrogens with two attached hydrogens (primary N) is 1. The van der Waals surface area contributed by atoms with E-state index in [1.807, 2.05) is 12.1 Å². The van der Waals surface area contributed by atoms with Gasteiger partial charge in [0.1, 0.15) is 0 Å². The molecule has 31 heavy (non-hydrogen) atoms. The van der Waals surface area contributed by atoms with Crippen LogP contribution in [0, 0.1) is 0 Å². The number of methoxy groups -OCH3 is 2. The molecule has 1 aromatic rings. The van der Waals surface area contributed by atoms with Crippen LogP contribution in [0.4, 0.5) is 0 Å². The normalized spacial score (nSPS) is 19.7. The predicted molar refractivity (Wildman–Crippen MR) is 121 cm³/mol. The molecule has 2 heterocycles. The molecule has 3 rings (SSSR count). The number of rotatable bonds is 10. The highest BCUT2D eigenvalue weighted by atomic mass is 16.5. The molecule has 0 aliphatic carbocycles. The van der Waals surface area contributed by atoms with Gasteiger partial charge in [-0.1, -0.05) is 6.07 Å². The lowest BCUT2D eigenvalue weighted by molar-refractivity contribution is 0.0179. The van der Waals surface area contributed by atoms with Gasteiger partial charge in [-0.15, -0.1) is 0 Å². The lowest BCUT2D eigenvalue weighted by atomic mass is 10.0. The van der Waals surface area contributed by atoms with Crippen LogP contribution in [0.25, 0.3) is 0 Å². The Morgan fingerprint density at radius 2 is 1.74 bits per heavy atom. The topological polar surface area (TPSA) is 93.8 Å². The maximum Gasteiger partial charge on any atom is 0.188 e. The highest BCUT2D eigenvalue weighted by Crippen LogP contribution is 2.32. The third kappa shape index (κ3) is 7.24. The molecule has 0 spiro atoms. The first-order chi connectivity index (χ1) is 15.2. The first-order valence-electron chi connectivity index (χ1n) is 11.1. The number of nitrogens with zero attached hydrogens (tertiary/aromatic N) is 3. The van der Waals surface area contributed by atoms with E-state index in [0.29, 0.717) is 12.5 Å². The second kappa shape index (κ2) is 12.7. The van der Waals surface area contributed by atoms with Crippen molar-refractivity contribution in [2.24, 2.45) is 10.7 Å². The van der Waals surface area contributed by atoms with E-state index in [1.54, 1.807) is 14.2 Å². The first-order valence-corrected chi connectivity index (χ1v) is 11.1. The Hall–Kier alpha value is -2.07. The van der Waals surface area contributed by atoms with Gasteiger partial charge in [-0.25, -0.2) is 0 Å². The molecule has 0 aromatic heterocycles. The lowest BCUT2D eigenvalue weighted by Gasteiger charge is -2.34. The van der Waals surface area contributed by atoms with E-state index in [1.165, 1.54) is 0 Å². The summed E-state index contributed by atoms with van der Waals surface area (Å²) in [5.41, 5.74) is 7.30. The Morgan fingerprint density at radius 3 is 2.42 bits per heavy atom. The molecule has 3 N–H and O–H groups in total. The molecule has 1 aromatic carbocycles. The summed E-state index contributed by atoms with van der Waals surface area (Å²) in [6, 6.07) is 6.14. The van der Waals surface area contributed by atoms with Gasteiger partial charge in [0, 0.05) is 32.7 Å². The SMILES string of the molecule is COc1ccc(C(CN=C(N)NCCCN2CCOCC2)N2CCOCC2)cc1OC. The van der Waals surface area contributed by atoms with E-state index in [0.717, 1.165) is 89.2 Å². The molecular formula is C22H37N5O4. The Labute approximate surface area is 185 Å². The van der Waals surface area contributed by atoms with E-state index in [-0.39, 0.29) is 6.04 Å². The van der Waals surface area contributed by atoms with Crippen molar-refractivity contribution in [2.75, 3.05) is 86.5 Å². The number of aliphatic imine (C=N–C) groups is 1. The molecule has 0 bridgehead atoms. The maximum atomic E-state index is 6.17. The number of hydrogen-bond acceptors (Lipinski definition) is 7. The summed E-state index contributed by atoms with van der Waals surface area (Å²) in [6.45, 7) is 9.28. The predicted octanol–water partition coefficient (Wildman–Crippen LogP) is 0.704. The van der Waals surface area contributed by atoms with Crippen LogP contribution in [-0.4, -0.2) is 102 Å². The number of guanidine groups is 1. The zero-order valence-electron chi connectivity index (χ0n) is 18.8. The van der Waals surface area contributed by atoms with Crippen LogP contribution in [0.15, 0.2) is 23.2 Å². The maximum absolute atomic E-state index is 6.17. The molecule has 2 aliphatic heterocycles. The molecule has 174 valence electrons. The quantitative estimate of drug-likeness (QED) is 0.315. The minimum atomic E-state index is 0.0948. The van der Waals surface area contributed by atoms with Gasteiger partial charge in [-0.3, -0.25) is 14.8 Å². The molecule has 9 nitrogen and oxygen atoms in total. The Kier molecular flexibility index (Phi) is 9.67. The molecule has 0 saturated carbocycles. The minimum Gasteiger partial charge on any atom is -0.493 e. The largest absolute Gasteiger partial charge is 0.493 e. The van der Waals surface area contributed by atoms with E-state index < -0.39 is 0 Å². The molecule has 2 aliphatic rings. The highest BCUT2D eigenvalue weighted by molar-refractivity contribution is 5.77. The van der Waals surface area contributed by atoms with Crippen LogP contribution in [0.2, 0.25) is 0 Å². The summed E-state index contributed by atoms with van der Waals surface area (Å²) >= 11 is 0. The zero-order chi connectivity index (χ0) is 21.9. The fraction of sp³-hybridized carbons (Fsp3) is 0.682. The number of hydrogen-bond donors (Lipinski definition) is 2. The summed E-state index contributed by atoms with van der Waals surface area (Å²) in [5.74, 6) is 1.93. The average molecular weight is 436 g/mol. The molecular weight excluding hydrogens is 398 g/mol. The van der Waals surface area contributed by atoms with Crippen molar-refractivity contribution in [3.63, 3.8) is 0 Å². The van der Waals surface area contributed by atoms with E-state index >= 15 is 0 Å². The molecule has 0 radical (unpaired) electrons. The summed E-state index contributed by atoms with van der Waals surface area (Å²) in [5, 5.41) is 3.25. The van der Waals surface area contributed by atoms with E-state index in [2.05, 4.69) is 26.2 Å². The molecule has 2 fully saturated rings. The van der Waals surface area contributed by atoms with Crippen LogP contribution in [0.1, 0.15) is 18.0 Å². The van der Waals surface area contributed by atoms with Crippen molar-refractivity contribution in [2.45, 2.75) is 12.5 Å². The van der Waals surface area contributed by atoms with Gasteiger partial charge in [0.25, 0.3) is 0 Å².